The Labute approximate surface area is 124 Å². The number of amides is 2. The Hall–Kier alpha value is -0.910. The molecule has 0 radical (unpaired) electrons. The van der Waals surface area contributed by atoms with Gasteiger partial charge in [-0.25, -0.2) is 4.79 Å². The fourth-order valence-corrected chi connectivity index (χ4v) is 4.15. The summed E-state index contributed by atoms with van der Waals surface area (Å²) in [5.41, 5.74) is -0.801. The molecule has 3 atom stereocenters. The number of urea groups is 1. The molecule has 0 aromatic heterocycles. The molecule has 2 fully saturated rings. The van der Waals surface area contributed by atoms with Crippen molar-refractivity contribution in [2.24, 2.45) is 5.41 Å². The zero-order chi connectivity index (χ0) is 14.8. The van der Waals surface area contributed by atoms with Gasteiger partial charge < -0.3 is 15.3 Å². The van der Waals surface area contributed by atoms with Gasteiger partial charge in [0.05, 0.1) is 5.41 Å². The van der Waals surface area contributed by atoms with Crippen LogP contribution in [0.15, 0.2) is 0 Å². The molecule has 1 saturated heterocycles. The van der Waals surface area contributed by atoms with Gasteiger partial charge in [-0.05, 0) is 38.9 Å². The first-order valence-corrected chi connectivity index (χ1v) is 8.57. The van der Waals surface area contributed by atoms with Crippen molar-refractivity contribution < 1.29 is 14.7 Å². The summed E-state index contributed by atoms with van der Waals surface area (Å²) in [4.78, 5) is 25.3. The molecule has 1 aliphatic heterocycles. The molecule has 3 unspecified atom stereocenters. The van der Waals surface area contributed by atoms with Crippen molar-refractivity contribution in [1.82, 2.24) is 10.2 Å². The van der Waals surface area contributed by atoms with Crippen LogP contribution in [0.1, 0.15) is 39.0 Å². The van der Waals surface area contributed by atoms with Crippen LogP contribution >= 0.6 is 11.8 Å². The molecule has 0 aromatic rings. The summed E-state index contributed by atoms with van der Waals surface area (Å²) in [7, 11) is 0. The molecule has 0 spiro atoms. The largest absolute Gasteiger partial charge is 0.481 e. The minimum absolute atomic E-state index is 0.0943. The van der Waals surface area contributed by atoms with Crippen molar-refractivity contribution in [2.45, 2.75) is 50.3 Å². The zero-order valence-corrected chi connectivity index (χ0v) is 13.0. The average molecular weight is 300 g/mol. The first kappa shape index (κ1) is 15.5. The highest BCUT2D eigenvalue weighted by atomic mass is 32.2. The molecule has 0 aromatic carbocycles. The normalized spacial score (nSPS) is 34.0. The summed E-state index contributed by atoms with van der Waals surface area (Å²) in [5, 5.41) is 12.9. The van der Waals surface area contributed by atoms with Crippen LogP contribution in [0.2, 0.25) is 0 Å². The molecule has 1 aliphatic carbocycles. The van der Waals surface area contributed by atoms with Crippen molar-refractivity contribution >= 4 is 23.8 Å². The van der Waals surface area contributed by atoms with Crippen LogP contribution in [0.5, 0.6) is 0 Å². The second-order valence-corrected chi connectivity index (χ2v) is 7.23. The molecule has 5 nitrogen and oxygen atoms in total. The molecule has 2 aliphatic rings. The Morgan fingerprint density at radius 3 is 2.75 bits per heavy atom. The molecular weight excluding hydrogens is 276 g/mol. The van der Waals surface area contributed by atoms with Crippen LogP contribution in [0, 0.1) is 5.41 Å². The van der Waals surface area contributed by atoms with Gasteiger partial charge in [0.15, 0.2) is 0 Å². The number of piperidine rings is 1. The van der Waals surface area contributed by atoms with E-state index < -0.39 is 11.4 Å². The summed E-state index contributed by atoms with van der Waals surface area (Å²) in [6.07, 6.45) is 6.82. The monoisotopic (exact) mass is 300 g/mol. The zero-order valence-electron chi connectivity index (χ0n) is 12.2. The van der Waals surface area contributed by atoms with Crippen molar-refractivity contribution in [1.29, 1.82) is 0 Å². The van der Waals surface area contributed by atoms with Gasteiger partial charge in [-0.2, -0.15) is 11.8 Å². The van der Waals surface area contributed by atoms with Gasteiger partial charge >= 0.3 is 12.0 Å². The van der Waals surface area contributed by atoms with E-state index in [-0.39, 0.29) is 12.1 Å². The van der Waals surface area contributed by atoms with Gasteiger partial charge in [0, 0.05) is 24.4 Å². The predicted molar refractivity (Wildman–Crippen MR) is 80.0 cm³/mol. The number of carbonyl (C=O) groups excluding carboxylic acids is 1. The highest BCUT2D eigenvalue weighted by Crippen LogP contribution is 2.31. The maximum Gasteiger partial charge on any atom is 0.317 e. The number of carboxylic acid groups (broad SMARTS) is 1. The second kappa shape index (κ2) is 6.24. The van der Waals surface area contributed by atoms with Crippen LogP contribution in [-0.2, 0) is 4.79 Å². The first-order valence-electron chi connectivity index (χ1n) is 7.28. The maximum atomic E-state index is 12.3. The lowest BCUT2D eigenvalue weighted by Gasteiger charge is -2.38. The standard InChI is InChI=1S/C14H24N2O3S/c1-14(12(17)18)7-4-8-16(9-14)13(19)15-10-5-3-6-11(10)20-2/h10-11H,3-9H2,1-2H3,(H,15,19)(H,17,18). The second-order valence-electron chi connectivity index (χ2n) is 6.15. The number of aliphatic carboxylic acids is 1. The Morgan fingerprint density at radius 1 is 1.35 bits per heavy atom. The molecule has 20 heavy (non-hydrogen) atoms. The molecule has 1 heterocycles. The van der Waals surface area contributed by atoms with Crippen LogP contribution in [-0.4, -0.2) is 52.6 Å². The lowest BCUT2D eigenvalue weighted by atomic mass is 9.82. The van der Waals surface area contributed by atoms with E-state index in [0.717, 1.165) is 25.7 Å². The molecule has 0 bridgehead atoms. The van der Waals surface area contributed by atoms with E-state index in [1.165, 1.54) is 0 Å². The number of thioether (sulfide) groups is 1. The predicted octanol–water partition coefficient (Wildman–Crippen LogP) is 2.17. The van der Waals surface area contributed by atoms with Crippen molar-refractivity contribution in [2.75, 3.05) is 19.3 Å². The third-order valence-electron chi connectivity index (χ3n) is 4.56. The van der Waals surface area contributed by atoms with Crippen molar-refractivity contribution in [3.63, 3.8) is 0 Å². The van der Waals surface area contributed by atoms with E-state index in [0.29, 0.717) is 24.8 Å². The van der Waals surface area contributed by atoms with E-state index in [1.54, 1.807) is 23.6 Å². The van der Waals surface area contributed by atoms with Crippen LogP contribution in [0.3, 0.4) is 0 Å². The fourth-order valence-electron chi connectivity index (χ4n) is 3.21. The first-order chi connectivity index (χ1) is 9.46. The van der Waals surface area contributed by atoms with Gasteiger partial charge in [-0.1, -0.05) is 6.42 Å². The minimum Gasteiger partial charge on any atom is -0.481 e. The van der Waals surface area contributed by atoms with E-state index in [9.17, 15) is 14.7 Å². The number of rotatable bonds is 3. The lowest BCUT2D eigenvalue weighted by Crippen LogP contribution is -2.53. The molecule has 2 amide bonds. The lowest BCUT2D eigenvalue weighted by molar-refractivity contribution is -0.150. The average Bonchev–Trinajstić information content (AvgIpc) is 2.85. The number of hydrogen-bond donors (Lipinski definition) is 2. The highest BCUT2D eigenvalue weighted by Gasteiger charge is 2.40. The van der Waals surface area contributed by atoms with Crippen LogP contribution < -0.4 is 5.32 Å². The SMILES string of the molecule is CSC1CCCC1NC(=O)N1CCCC(C)(C(=O)O)C1. The Balaban J connectivity index is 1.94. The Kier molecular flexibility index (Phi) is 4.83. The van der Waals surface area contributed by atoms with E-state index in [4.69, 9.17) is 0 Å². The Morgan fingerprint density at radius 2 is 2.10 bits per heavy atom. The third-order valence-corrected chi connectivity index (χ3v) is 5.73. The molecular formula is C14H24N2O3S. The van der Waals surface area contributed by atoms with E-state index in [2.05, 4.69) is 11.6 Å². The van der Waals surface area contributed by atoms with Gasteiger partial charge in [-0.3, -0.25) is 4.79 Å². The minimum atomic E-state index is -0.808. The quantitative estimate of drug-likeness (QED) is 0.838. The third kappa shape index (κ3) is 3.22. The van der Waals surface area contributed by atoms with Gasteiger partial charge in [-0.15, -0.1) is 0 Å². The summed E-state index contributed by atoms with van der Waals surface area (Å²) < 4.78 is 0. The molecule has 2 N–H and O–H groups in total. The van der Waals surface area contributed by atoms with E-state index in [1.807, 2.05) is 0 Å². The molecule has 1 saturated carbocycles. The van der Waals surface area contributed by atoms with Gasteiger partial charge in [0.2, 0.25) is 0 Å². The Bertz CT molecular complexity index is 391. The summed E-state index contributed by atoms with van der Waals surface area (Å²) >= 11 is 1.81. The summed E-state index contributed by atoms with van der Waals surface area (Å²) in [6.45, 7) is 2.70. The van der Waals surface area contributed by atoms with Gasteiger partial charge in [0.1, 0.15) is 0 Å². The highest BCUT2D eigenvalue weighted by molar-refractivity contribution is 7.99. The number of carboxylic acids is 1. The molecule has 6 heteroatoms. The maximum absolute atomic E-state index is 12.3. The molecule has 2 rings (SSSR count). The number of nitrogens with one attached hydrogen (secondary N) is 1. The smallest absolute Gasteiger partial charge is 0.317 e. The number of hydrogen-bond acceptors (Lipinski definition) is 3. The van der Waals surface area contributed by atoms with Crippen LogP contribution in [0.25, 0.3) is 0 Å². The van der Waals surface area contributed by atoms with Gasteiger partial charge in [0.25, 0.3) is 0 Å². The topological polar surface area (TPSA) is 69.6 Å². The van der Waals surface area contributed by atoms with Crippen LogP contribution in [0.4, 0.5) is 4.79 Å². The summed E-state index contributed by atoms with van der Waals surface area (Å²) in [5.74, 6) is -0.808. The summed E-state index contributed by atoms with van der Waals surface area (Å²) in [6, 6.07) is 0.138. The van der Waals surface area contributed by atoms with E-state index >= 15 is 0 Å². The fraction of sp³-hybridized carbons (Fsp3) is 0.857. The number of carbonyl (C=O) groups is 2. The molecule has 114 valence electrons. The van der Waals surface area contributed by atoms with Crippen molar-refractivity contribution in [3.05, 3.63) is 0 Å². The van der Waals surface area contributed by atoms with Crippen molar-refractivity contribution in [3.8, 4) is 0 Å². The number of nitrogens with zero attached hydrogens (tertiary/aromatic N) is 1. The number of likely N-dealkylation sites (tertiary alicyclic amines) is 1.